The van der Waals surface area contributed by atoms with Crippen LogP contribution in [0.3, 0.4) is 0 Å². The molecule has 0 spiro atoms. The van der Waals surface area contributed by atoms with Crippen LogP contribution in [0.2, 0.25) is 0 Å². The number of benzene rings is 1. The van der Waals surface area contributed by atoms with Gasteiger partial charge in [0.15, 0.2) is 0 Å². The van der Waals surface area contributed by atoms with Gasteiger partial charge >= 0.3 is 0 Å². The number of ether oxygens (including phenoxy) is 1. The fourth-order valence-corrected chi connectivity index (χ4v) is 1.97. The van der Waals surface area contributed by atoms with E-state index in [1.165, 1.54) is 5.56 Å². The van der Waals surface area contributed by atoms with Crippen LogP contribution in [-0.4, -0.2) is 12.0 Å². The Hall–Kier alpha value is -1.39. The Labute approximate surface area is 99.1 Å². The summed E-state index contributed by atoms with van der Waals surface area (Å²) < 4.78 is 5.74. The van der Waals surface area contributed by atoms with E-state index < -0.39 is 0 Å². The average Bonchev–Trinajstić information content (AvgIpc) is 2.81. The number of rotatable bonds is 5. The molecule has 0 bridgehead atoms. The predicted molar refractivity (Wildman–Crippen MR) is 65.7 cm³/mol. The maximum absolute atomic E-state index is 5.74. The van der Waals surface area contributed by atoms with Crippen molar-refractivity contribution in [2.45, 2.75) is 13.2 Å². The monoisotopic (exact) mass is 234 g/mol. The molecular formula is C12H14N2OS. The molecule has 0 atom stereocenters. The van der Waals surface area contributed by atoms with E-state index in [0.29, 0.717) is 6.61 Å². The molecule has 2 aromatic rings. The molecular weight excluding hydrogens is 220 g/mol. The Morgan fingerprint density at radius 2 is 2.25 bits per heavy atom. The van der Waals surface area contributed by atoms with Crippen LogP contribution in [0, 0.1) is 0 Å². The van der Waals surface area contributed by atoms with Gasteiger partial charge in [0, 0.05) is 23.7 Å². The standard InChI is InChI=1S/C12H14N2OS/c1-13-8-10-4-2-3-5-11(10)15-9-12-14-6-7-16-12/h2-7,13H,8-9H2,1H3. The quantitative estimate of drug-likeness (QED) is 0.862. The van der Waals surface area contributed by atoms with E-state index in [4.69, 9.17) is 4.74 Å². The minimum atomic E-state index is 0.540. The lowest BCUT2D eigenvalue weighted by Crippen LogP contribution is -2.07. The van der Waals surface area contributed by atoms with Crippen LogP contribution in [0.1, 0.15) is 10.6 Å². The second-order valence-corrected chi connectivity index (χ2v) is 4.33. The van der Waals surface area contributed by atoms with Gasteiger partial charge in [-0.2, -0.15) is 0 Å². The third-order valence-electron chi connectivity index (χ3n) is 2.17. The first-order chi connectivity index (χ1) is 7.90. The molecule has 0 amide bonds. The summed E-state index contributed by atoms with van der Waals surface area (Å²) in [4.78, 5) is 4.18. The van der Waals surface area contributed by atoms with Gasteiger partial charge in [0.2, 0.25) is 0 Å². The summed E-state index contributed by atoms with van der Waals surface area (Å²) in [6.07, 6.45) is 1.79. The van der Waals surface area contributed by atoms with Crippen molar-refractivity contribution in [3.05, 3.63) is 46.4 Å². The van der Waals surface area contributed by atoms with Crippen LogP contribution >= 0.6 is 11.3 Å². The maximum atomic E-state index is 5.74. The van der Waals surface area contributed by atoms with Crippen molar-refractivity contribution >= 4 is 11.3 Å². The molecule has 0 saturated carbocycles. The van der Waals surface area contributed by atoms with Crippen molar-refractivity contribution in [2.24, 2.45) is 0 Å². The molecule has 16 heavy (non-hydrogen) atoms. The van der Waals surface area contributed by atoms with Gasteiger partial charge in [0.25, 0.3) is 0 Å². The fraction of sp³-hybridized carbons (Fsp3) is 0.250. The van der Waals surface area contributed by atoms with Crippen LogP contribution in [0.15, 0.2) is 35.8 Å². The Balaban J connectivity index is 2.03. The Morgan fingerprint density at radius 3 is 3.00 bits per heavy atom. The van der Waals surface area contributed by atoms with E-state index in [-0.39, 0.29) is 0 Å². The summed E-state index contributed by atoms with van der Waals surface area (Å²) in [5.74, 6) is 0.923. The molecule has 1 N–H and O–H groups in total. The summed E-state index contributed by atoms with van der Waals surface area (Å²) in [5, 5.41) is 6.08. The van der Waals surface area contributed by atoms with Gasteiger partial charge < -0.3 is 10.1 Å². The molecule has 0 unspecified atom stereocenters. The van der Waals surface area contributed by atoms with E-state index in [2.05, 4.69) is 16.4 Å². The van der Waals surface area contributed by atoms with Gasteiger partial charge in [0.05, 0.1) is 0 Å². The van der Waals surface area contributed by atoms with Crippen molar-refractivity contribution in [1.29, 1.82) is 0 Å². The van der Waals surface area contributed by atoms with Crippen LogP contribution in [-0.2, 0) is 13.2 Å². The van der Waals surface area contributed by atoms with Gasteiger partial charge in [-0.05, 0) is 13.1 Å². The highest BCUT2D eigenvalue weighted by molar-refractivity contribution is 7.09. The number of hydrogen-bond acceptors (Lipinski definition) is 4. The zero-order chi connectivity index (χ0) is 11.2. The third-order valence-corrected chi connectivity index (χ3v) is 2.93. The molecule has 0 fully saturated rings. The molecule has 1 aromatic heterocycles. The van der Waals surface area contributed by atoms with Gasteiger partial charge in [-0.1, -0.05) is 18.2 Å². The molecule has 0 aliphatic rings. The zero-order valence-electron chi connectivity index (χ0n) is 9.14. The SMILES string of the molecule is CNCc1ccccc1OCc1nccs1. The number of aromatic nitrogens is 1. The van der Waals surface area contributed by atoms with Gasteiger partial charge in [-0.3, -0.25) is 0 Å². The third kappa shape index (κ3) is 2.81. The smallest absolute Gasteiger partial charge is 0.140 e. The number of para-hydroxylation sites is 1. The number of nitrogens with one attached hydrogen (secondary N) is 1. The molecule has 1 aromatic carbocycles. The second-order valence-electron chi connectivity index (χ2n) is 3.35. The normalized spacial score (nSPS) is 10.3. The largest absolute Gasteiger partial charge is 0.486 e. The van der Waals surface area contributed by atoms with Gasteiger partial charge in [-0.25, -0.2) is 4.98 Å². The first-order valence-electron chi connectivity index (χ1n) is 5.14. The zero-order valence-corrected chi connectivity index (χ0v) is 9.96. The predicted octanol–water partition coefficient (Wildman–Crippen LogP) is 2.44. The molecule has 3 nitrogen and oxygen atoms in total. The molecule has 1 heterocycles. The molecule has 2 rings (SSSR count). The summed E-state index contributed by atoms with van der Waals surface area (Å²) in [6.45, 7) is 1.35. The number of hydrogen-bond donors (Lipinski definition) is 1. The van der Waals surface area contributed by atoms with E-state index >= 15 is 0 Å². The maximum Gasteiger partial charge on any atom is 0.140 e. The van der Waals surface area contributed by atoms with Crippen molar-refractivity contribution in [1.82, 2.24) is 10.3 Å². The minimum absolute atomic E-state index is 0.540. The van der Waals surface area contributed by atoms with Crippen molar-refractivity contribution in [3.63, 3.8) is 0 Å². The van der Waals surface area contributed by atoms with E-state index in [0.717, 1.165) is 17.3 Å². The number of nitrogens with zero attached hydrogens (tertiary/aromatic N) is 1. The van der Waals surface area contributed by atoms with Crippen LogP contribution < -0.4 is 10.1 Å². The topological polar surface area (TPSA) is 34.1 Å². The summed E-state index contributed by atoms with van der Waals surface area (Å²) in [5.41, 5.74) is 1.17. The summed E-state index contributed by atoms with van der Waals surface area (Å²) in [7, 11) is 1.93. The van der Waals surface area contributed by atoms with Crippen LogP contribution in [0.4, 0.5) is 0 Å². The Morgan fingerprint density at radius 1 is 1.38 bits per heavy atom. The van der Waals surface area contributed by atoms with E-state index in [1.54, 1.807) is 17.5 Å². The Kier molecular flexibility index (Phi) is 3.91. The first-order valence-corrected chi connectivity index (χ1v) is 6.02. The molecule has 4 heteroatoms. The first kappa shape index (κ1) is 11.1. The molecule has 0 aliphatic heterocycles. The van der Waals surface area contributed by atoms with Crippen molar-refractivity contribution < 1.29 is 4.74 Å². The molecule has 0 radical (unpaired) electrons. The average molecular weight is 234 g/mol. The van der Waals surface area contributed by atoms with Crippen LogP contribution in [0.25, 0.3) is 0 Å². The minimum Gasteiger partial charge on any atom is -0.486 e. The lowest BCUT2D eigenvalue weighted by atomic mass is 10.2. The highest BCUT2D eigenvalue weighted by Crippen LogP contribution is 2.19. The van der Waals surface area contributed by atoms with Crippen LogP contribution in [0.5, 0.6) is 5.75 Å². The lowest BCUT2D eigenvalue weighted by molar-refractivity contribution is 0.302. The Bertz CT molecular complexity index is 428. The highest BCUT2D eigenvalue weighted by atomic mass is 32.1. The molecule has 0 aliphatic carbocycles. The van der Waals surface area contributed by atoms with Crippen molar-refractivity contribution in [3.8, 4) is 5.75 Å². The fourth-order valence-electron chi connectivity index (χ4n) is 1.44. The molecule has 0 saturated heterocycles. The van der Waals surface area contributed by atoms with Crippen molar-refractivity contribution in [2.75, 3.05) is 7.05 Å². The number of thiazole rings is 1. The summed E-state index contributed by atoms with van der Waals surface area (Å²) in [6, 6.07) is 8.05. The second kappa shape index (κ2) is 5.63. The molecule has 84 valence electrons. The van der Waals surface area contributed by atoms with Gasteiger partial charge in [-0.15, -0.1) is 11.3 Å². The van der Waals surface area contributed by atoms with E-state index in [1.807, 2.05) is 30.6 Å². The van der Waals surface area contributed by atoms with E-state index in [9.17, 15) is 0 Å². The summed E-state index contributed by atoms with van der Waals surface area (Å²) >= 11 is 1.61. The highest BCUT2D eigenvalue weighted by Gasteiger charge is 2.03. The van der Waals surface area contributed by atoms with Gasteiger partial charge in [0.1, 0.15) is 17.4 Å². The lowest BCUT2D eigenvalue weighted by Gasteiger charge is -2.09.